The first-order valence-electron chi connectivity index (χ1n) is 4.46. The molecule has 0 bridgehead atoms. The lowest BCUT2D eigenvalue weighted by atomic mass is 10.4. The molecule has 1 unspecified atom stereocenters. The summed E-state index contributed by atoms with van der Waals surface area (Å²) in [5, 5.41) is 1.02. The SMILES string of the molecule is CCCCOP(O)CCCCBr. The molecule has 0 aromatic heterocycles. The van der Waals surface area contributed by atoms with Crippen LogP contribution in [0.5, 0.6) is 0 Å². The Kier molecular flexibility index (Phi) is 10.6. The molecule has 0 spiro atoms. The number of hydrogen-bond acceptors (Lipinski definition) is 2. The van der Waals surface area contributed by atoms with Gasteiger partial charge >= 0.3 is 0 Å². The summed E-state index contributed by atoms with van der Waals surface area (Å²) in [6, 6.07) is 0. The highest BCUT2D eigenvalue weighted by atomic mass is 79.9. The Morgan fingerprint density at radius 1 is 1.33 bits per heavy atom. The first-order valence-corrected chi connectivity index (χ1v) is 6.98. The molecule has 0 heterocycles. The zero-order chi connectivity index (χ0) is 9.23. The molecule has 0 aliphatic carbocycles. The van der Waals surface area contributed by atoms with Crippen molar-refractivity contribution in [3.8, 4) is 0 Å². The van der Waals surface area contributed by atoms with Gasteiger partial charge in [0.05, 0.1) is 6.61 Å². The van der Waals surface area contributed by atoms with Crippen molar-refractivity contribution in [3.63, 3.8) is 0 Å². The van der Waals surface area contributed by atoms with Gasteiger partial charge in [-0.25, -0.2) is 0 Å². The number of alkyl halides is 1. The van der Waals surface area contributed by atoms with Gasteiger partial charge in [-0.05, 0) is 19.3 Å². The summed E-state index contributed by atoms with van der Waals surface area (Å²) >= 11 is 3.35. The van der Waals surface area contributed by atoms with E-state index in [0.29, 0.717) is 6.61 Å². The molecule has 0 saturated carbocycles. The lowest BCUT2D eigenvalue weighted by Crippen LogP contribution is -1.92. The summed E-state index contributed by atoms with van der Waals surface area (Å²) in [6.07, 6.45) is 5.18. The first-order chi connectivity index (χ1) is 5.81. The second-order valence-electron chi connectivity index (χ2n) is 2.66. The van der Waals surface area contributed by atoms with E-state index in [1.165, 1.54) is 0 Å². The van der Waals surface area contributed by atoms with Crippen LogP contribution in [-0.4, -0.2) is 23.0 Å². The van der Waals surface area contributed by atoms with Gasteiger partial charge in [-0.2, -0.15) is 0 Å². The third-order valence-corrected chi connectivity index (χ3v) is 3.21. The van der Waals surface area contributed by atoms with Crippen LogP contribution in [-0.2, 0) is 4.52 Å². The van der Waals surface area contributed by atoms with Gasteiger partial charge in [0, 0.05) is 11.5 Å². The summed E-state index contributed by atoms with van der Waals surface area (Å²) in [5.74, 6) is 0. The molecular formula is C8H18BrO2P. The van der Waals surface area contributed by atoms with Crippen molar-refractivity contribution in [3.05, 3.63) is 0 Å². The van der Waals surface area contributed by atoms with Crippen molar-refractivity contribution in [1.29, 1.82) is 0 Å². The third-order valence-electron chi connectivity index (χ3n) is 1.47. The van der Waals surface area contributed by atoms with Crippen LogP contribution in [0.4, 0.5) is 0 Å². The number of halogens is 1. The van der Waals surface area contributed by atoms with E-state index < -0.39 is 8.38 Å². The van der Waals surface area contributed by atoms with Gasteiger partial charge in [-0.1, -0.05) is 29.3 Å². The molecular weight excluding hydrogens is 239 g/mol. The molecule has 1 atom stereocenters. The number of rotatable bonds is 8. The molecule has 0 rings (SSSR count). The van der Waals surface area contributed by atoms with Crippen molar-refractivity contribution >= 4 is 24.3 Å². The minimum atomic E-state index is -1.12. The lowest BCUT2D eigenvalue weighted by Gasteiger charge is -2.09. The van der Waals surface area contributed by atoms with E-state index in [2.05, 4.69) is 22.9 Å². The summed E-state index contributed by atoms with van der Waals surface area (Å²) in [7, 11) is -1.12. The fraction of sp³-hybridized carbons (Fsp3) is 1.00. The van der Waals surface area contributed by atoms with Crippen LogP contribution in [0, 0.1) is 0 Å². The van der Waals surface area contributed by atoms with Crippen LogP contribution in [0.25, 0.3) is 0 Å². The Labute approximate surface area is 84.7 Å². The van der Waals surface area contributed by atoms with E-state index in [1.54, 1.807) is 0 Å². The van der Waals surface area contributed by atoms with Crippen molar-refractivity contribution < 1.29 is 9.42 Å². The monoisotopic (exact) mass is 256 g/mol. The van der Waals surface area contributed by atoms with Gasteiger partial charge in [-0.15, -0.1) is 0 Å². The van der Waals surface area contributed by atoms with Crippen LogP contribution in [0.15, 0.2) is 0 Å². The van der Waals surface area contributed by atoms with Gasteiger partial charge in [0.1, 0.15) is 0 Å². The number of hydrogen-bond donors (Lipinski definition) is 1. The van der Waals surface area contributed by atoms with Crippen LogP contribution < -0.4 is 0 Å². The van der Waals surface area contributed by atoms with Crippen molar-refractivity contribution in [1.82, 2.24) is 0 Å². The zero-order valence-corrected chi connectivity index (χ0v) is 10.1. The average Bonchev–Trinajstić information content (AvgIpc) is 2.06. The van der Waals surface area contributed by atoms with Gasteiger partial charge in [0.2, 0.25) is 0 Å². The maximum absolute atomic E-state index is 9.33. The molecule has 0 aliphatic heterocycles. The largest absolute Gasteiger partial charge is 0.350 e. The quantitative estimate of drug-likeness (QED) is 0.410. The molecule has 0 radical (unpaired) electrons. The standard InChI is InChI=1S/C8H18BrO2P/c1-2-3-7-11-12(10)8-5-4-6-9/h10H,2-8H2,1H3. The maximum Gasteiger partial charge on any atom is 0.167 e. The molecule has 12 heavy (non-hydrogen) atoms. The summed E-state index contributed by atoms with van der Waals surface area (Å²) in [4.78, 5) is 9.33. The molecule has 0 amide bonds. The smallest absolute Gasteiger partial charge is 0.167 e. The average molecular weight is 257 g/mol. The normalized spacial score (nSPS) is 13.2. The van der Waals surface area contributed by atoms with Gasteiger partial charge < -0.3 is 9.42 Å². The van der Waals surface area contributed by atoms with Crippen LogP contribution in [0.2, 0.25) is 0 Å². The Balaban J connectivity index is 3.04. The van der Waals surface area contributed by atoms with E-state index in [4.69, 9.17) is 4.52 Å². The van der Waals surface area contributed by atoms with Crippen molar-refractivity contribution in [2.45, 2.75) is 32.6 Å². The van der Waals surface area contributed by atoms with Gasteiger partial charge in [0.15, 0.2) is 8.38 Å². The molecule has 74 valence electrons. The second kappa shape index (κ2) is 9.91. The third kappa shape index (κ3) is 8.92. The minimum Gasteiger partial charge on any atom is -0.350 e. The van der Waals surface area contributed by atoms with Crippen molar-refractivity contribution in [2.24, 2.45) is 0 Å². The molecule has 2 nitrogen and oxygen atoms in total. The lowest BCUT2D eigenvalue weighted by molar-refractivity contribution is 0.302. The first kappa shape index (κ1) is 12.8. The van der Waals surface area contributed by atoms with Crippen LogP contribution in [0.1, 0.15) is 32.6 Å². The van der Waals surface area contributed by atoms with E-state index in [0.717, 1.165) is 37.2 Å². The Bertz CT molecular complexity index is 83.1. The second-order valence-corrected chi connectivity index (χ2v) is 4.86. The highest BCUT2D eigenvalue weighted by Crippen LogP contribution is 2.32. The molecule has 0 aliphatic rings. The molecule has 0 saturated heterocycles. The Morgan fingerprint density at radius 3 is 2.67 bits per heavy atom. The van der Waals surface area contributed by atoms with Gasteiger partial charge in [-0.3, -0.25) is 0 Å². The predicted octanol–water partition coefficient (Wildman–Crippen LogP) is 3.28. The van der Waals surface area contributed by atoms with Crippen molar-refractivity contribution in [2.75, 3.05) is 18.1 Å². The molecule has 1 N–H and O–H groups in total. The maximum atomic E-state index is 9.33. The van der Waals surface area contributed by atoms with Gasteiger partial charge in [0.25, 0.3) is 0 Å². The molecule has 0 fully saturated rings. The zero-order valence-electron chi connectivity index (χ0n) is 7.63. The predicted molar refractivity (Wildman–Crippen MR) is 57.9 cm³/mol. The van der Waals surface area contributed by atoms with Crippen LogP contribution >= 0.6 is 24.3 Å². The van der Waals surface area contributed by atoms with E-state index in [-0.39, 0.29) is 0 Å². The molecule has 0 aromatic rings. The summed E-state index contributed by atoms with van der Waals surface area (Å²) in [5.41, 5.74) is 0. The fourth-order valence-electron chi connectivity index (χ4n) is 0.720. The Morgan fingerprint density at radius 2 is 2.08 bits per heavy atom. The van der Waals surface area contributed by atoms with E-state index in [1.807, 2.05) is 0 Å². The highest BCUT2D eigenvalue weighted by Gasteiger charge is 2.03. The Hall–Kier alpha value is 0.830. The number of unbranched alkanes of at least 4 members (excludes halogenated alkanes) is 2. The topological polar surface area (TPSA) is 29.5 Å². The molecule has 4 heteroatoms. The van der Waals surface area contributed by atoms with Crippen LogP contribution in [0.3, 0.4) is 0 Å². The summed E-state index contributed by atoms with van der Waals surface area (Å²) < 4.78 is 5.23. The minimum absolute atomic E-state index is 0.715. The van der Waals surface area contributed by atoms with E-state index in [9.17, 15) is 4.89 Å². The fourth-order valence-corrected chi connectivity index (χ4v) is 2.08. The van der Waals surface area contributed by atoms with E-state index >= 15 is 0 Å². The highest BCUT2D eigenvalue weighted by molar-refractivity contribution is 9.09. The summed E-state index contributed by atoms with van der Waals surface area (Å²) in [6.45, 7) is 2.83. The molecule has 0 aromatic carbocycles.